The second-order valence-electron chi connectivity index (χ2n) is 7.97. The zero-order chi connectivity index (χ0) is 19.5. The van der Waals surface area contributed by atoms with Crippen molar-refractivity contribution in [3.8, 4) is 5.75 Å². The standard InChI is InChI=1S/C23H26FNO3/c24-21-10-19-13-25(12-16-6-8-17(14-26)9-7-16)23(27)20(19)11-22(21)28-15-18-4-2-1-3-5-18/h1-5,10-11,16-17,26H,6-9,12-15H2. The quantitative estimate of drug-likeness (QED) is 0.815. The summed E-state index contributed by atoms with van der Waals surface area (Å²) in [7, 11) is 0. The third kappa shape index (κ3) is 4.04. The van der Waals surface area contributed by atoms with Gasteiger partial charge in [-0.05, 0) is 60.8 Å². The summed E-state index contributed by atoms with van der Waals surface area (Å²) in [5, 5.41) is 9.28. The molecule has 1 saturated carbocycles. The summed E-state index contributed by atoms with van der Waals surface area (Å²) in [4.78, 5) is 14.7. The molecular formula is C23H26FNO3. The number of carbonyl (C=O) groups is 1. The third-order valence-electron chi connectivity index (χ3n) is 5.98. The molecule has 0 spiro atoms. The topological polar surface area (TPSA) is 49.8 Å². The average molecular weight is 383 g/mol. The van der Waals surface area contributed by atoms with Crippen LogP contribution in [0.2, 0.25) is 0 Å². The maximum absolute atomic E-state index is 14.5. The molecule has 0 saturated heterocycles. The zero-order valence-corrected chi connectivity index (χ0v) is 15.9. The van der Waals surface area contributed by atoms with Gasteiger partial charge in [0.05, 0.1) is 0 Å². The number of hydrogen-bond acceptors (Lipinski definition) is 3. The van der Waals surface area contributed by atoms with Crippen LogP contribution in [-0.4, -0.2) is 29.1 Å². The second kappa shape index (κ2) is 8.31. The number of benzene rings is 2. The fraction of sp³-hybridized carbons (Fsp3) is 0.435. The Bertz CT molecular complexity index is 831. The Hall–Kier alpha value is -2.40. The van der Waals surface area contributed by atoms with E-state index in [1.54, 1.807) is 6.07 Å². The number of hydrogen-bond donors (Lipinski definition) is 1. The van der Waals surface area contributed by atoms with E-state index in [4.69, 9.17) is 4.74 Å². The first-order valence-corrected chi connectivity index (χ1v) is 10.0. The summed E-state index contributed by atoms with van der Waals surface area (Å²) in [5.74, 6) is 0.527. The highest BCUT2D eigenvalue weighted by Crippen LogP contribution is 2.33. The van der Waals surface area contributed by atoms with Gasteiger partial charge in [-0.3, -0.25) is 4.79 Å². The lowest BCUT2D eigenvalue weighted by Gasteiger charge is -2.30. The van der Waals surface area contributed by atoms with E-state index in [1.165, 1.54) is 6.07 Å². The lowest BCUT2D eigenvalue weighted by molar-refractivity contribution is 0.0717. The normalized spacial score (nSPS) is 21.6. The van der Waals surface area contributed by atoms with E-state index < -0.39 is 5.82 Å². The van der Waals surface area contributed by atoms with E-state index in [-0.39, 0.29) is 24.9 Å². The van der Waals surface area contributed by atoms with E-state index in [2.05, 4.69) is 0 Å². The van der Waals surface area contributed by atoms with Gasteiger partial charge in [-0.15, -0.1) is 0 Å². The van der Waals surface area contributed by atoms with Crippen LogP contribution in [0.3, 0.4) is 0 Å². The smallest absolute Gasteiger partial charge is 0.254 e. The van der Waals surface area contributed by atoms with Crippen molar-refractivity contribution in [2.75, 3.05) is 13.2 Å². The van der Waals surface area contributed by atoms with Crippen molar-refractivity contribution in [2.45, 2.75) is 38.8 Å². The zero-order valence-electron chi connectivity index (χ0n) is 15.9. The Balaban J connectivity index is 1.41. The van der Waals surface area contributed by atoms with E-state index in [1.807, 2.05) is 35.2 Å². The molecule has 0 radical (unpaired) electrons. The number of nitrogens with zero attached hydrogens (tertiary/aromatic N) is 1. The lowest BCUT2D eigenvalue weighted by Crippen LogP contribution is -2.32. The highest BCUT2D eigenvalue weighted by atomic mass is 19.1. The van der Waals surface area contributed by atoms with Gasteiger partial charge in [0.25, 0.3) is 5.91 Å². The number of fused-ring (bicyclic) bond motifs is 1. The third-order valence-corrected chi connectivity index (χ3v) is 5.98. The number of halogens is 1. The molecular weight excluding hydrogens is 357 g/mol. The minimum absolute atomic E-state index is 0.0381. The molecule has 5 heteroatoms. The molecule has 4 nitrogen and oxygen atoms in total. The van der Waals surface area contributed by atoms with Gasteiger partial charge in [0.1, 0.15) is 6.61 Å². The van der Waals surface area contributed by atoms with Crippen LogP contribution >= 0.6 is 0 Å². The molecule has 2 aliphatic rings. The molecule has 1 heterocycles. The molecule has 28 heavy (non-hydrogen) atoms. The largest absolute Gasteiger partial charge is 0.486 e. The minimum atomic E-state index is -0.423. The van der Waals surface area contributed by atoms with Crippen LogP contribution in [-0.2, 0) is 13.2 Å². The van der Waals surface area contributed by atoms with Gasteiger partial charge >= 0.3 is 0 Å². The number of ether oxygens (including phenoxy) is 1. The molecule has 1 aliphatic heterocycles. The molecule has 148 valence electrons. The van der Waals surface area contributed by atoms with Crippen molar-refractivity contribution in [1.29, 1.82) is 0 Å². The molecule has 2 aromatic carbocycles. The van der Waals surface area contributed by atoms with Gasteiger partial charge in [0, 0.05) is 25.3 Å². The SMILES string of the molecule is O=C1c2cc(OCc3ccccc3)c(F)cc2CN1CC1CCC(CO)CC1. The first-order valence-electron chi connectivity index (χ1n) is 10.0. The Morgan fingerprint density at radius 2 is 1.79 bits per heavy atom. The van der Waals surface area contributed by atoms with E-state index in [9.17, 15) is 14.3 Å². The molecule has 4 rings (SSSR count). The van der Waals surface area contributed by atoms with Crippen molar-refractivity contribution >= 4 is 5.91 Å². The highest BCUT2D eigenvalue weighted by molar-refractivity contribution is 5.98. The Morgan fingerprint density at radius 1 is 1.07 bits per heavy atom. The Kier molecular flexibility index (Phi) is 5.62. The summed E-state index contributed by atoms with van der Waals surface area (Å²) in [6, 6.07) is 12.6. The number of carbonyl (C=O) groups excluding carboxylic acids is 1. The molecule has 0 bridgehead atoms. The van der Waals surface area contributed by atoms with Gasteiger partial charge in [0.2, 0.25) is 0 Å². The second-order valence-corrected chi connectivity index (χ2v) is 7.97. The first kappa shape index (κ1) is 18.9. The van der Waals surface area contributed by atoms with Crippen LogP contribution in [0.5, 0.6) is 5.75 Å². The number of amides is 1. The predicted molar refractivity (Wildman–Crippen MR) is 104 cm³/mol. The molecule has 0 atom stereocenters. The Morgan fingerprint density at radius 3 is 2.50 bits per heavy atom. The van der Waals surface area contributed by atoms with Gasteiger partial charge in [-0.25, -0.2) is 4.39 Å². The maximum atomic E-state index is 14.5. The summed E-state index contributed by atoms with van der Waals surface area (Å²) < 4.78 is 20.1. The lowest BCUT2D eigenvalue weighted by atomic mass is 9.82. The minimum Gasteiger partial charge on any atom is -0.486 e. The number of aliphatic hydroxyl groups is 1. The fourth-order valence-electron chi connectivity index (χ4n) is 4.27. The van der Waals surface area contributed by atoms with Gasteiger partial charge in [-0.2, -0.15) is 0 Å². The summed E-state index contributed by atoms with van der Waals surface area (Å²) in [6.07, 6.45) is 4.10. The summed E-state index contributed by atoms with van der Waals surface area (Å²) in [6.45, 7) is 1.69. The number of rotatable bonds is 6. The van der Waals surface area contributed by atoms with Crippen LogP contribution in [0.25, 0.3) is 0 Å². The van der Waals surface area contributed by atoms with Crippen LogP contribution in [0.4, 0.5) is 4.39 Å². The van der Waals surface area contributed by atoms with Crippen LogP contribution in [0.1, 0.15) is 47.2 Å². The maximum Gasteiger partial charge on any atom is 0.254 e. The van der Waals surface area contributed by atoms with Crippen molar-refractivity contribution in [2.24, 2.45) is 11.8 Å². The van der Waals surface area contributed by atoms with Gasteiger partial charge in [-0.1, -0.05) is 30.3 Å². The number of aliphatic hydroxyl groups excluding tert-OH is 1. The monoisotopic (exact) mass is 383 g/mol. The van der Waals surface area contributed by atoms with Crippen molar-refractivity contribution in [3.63, 3.8) is 0 Å². The van der Waals surface area contributed by atoms with Gasteiger partial charge < -0.3 is 14.7 Å². The van der Waals surface area contributed by atoms with E-state index in [0.29, 0.717) is 30.5 Å². The molecule has 1 N–H and O–H groups in total. The first-order chi connectivity index (χ1) is 13.6. The van der Waals surface area contributed by atoms with Crippen molar-refractivity contribution < 1.29 is 19.0 Å². The fourth-order valence-corrected chi connectivity index (χ4v) is 4.27. The van der Waals surface area contributed by atoms with Crippen LogP contribution < -0.4 is 4.74 Å². The van der Waals surface area contributed by atoms with E-state index >= 15 is 0 Å². The van der Waals surface area contributed by atoms with Crippen molar-refractivity contribution in [1.82, 2.24) is 4.90 Å². The Labute approximate surface area is 164 Å². The van der Waals surface area contributed by atoms with Gasteiger partial charge in [0.15, 0.2) is 11.6 Å². The molecule has 1 aliphatic carbocycles. The summed E-state index contributed by atoms with van der Waals surface area (Å²) >= 11 is 0. The average Bonchev–Trinajstić information content (AvgIpc) is 3.02. The summed E-state index contributed by atoms with van der Waals surface area (Å²) in [5.41, 5.74) is 2.24. The molecule has 0 unspecified atom stereocenters. The highest BCUT2D eigenvalue weighted by Gasteiger charge is 2.32. The predicted octanol–water partition coefficient (Wildman–Crippen LogP) is 4.16. The molecule has 2 aromatic rings. The molecule has 1 fully saturated rings. The molecule has 0 aromatic heterocycles. The van der Waals surface area contributed by atoms with Crippen LogP contribution in [0.15, 0.2) is 42.5 Å². The van der Waals surface area contributed by atoms with Crippen molar-refractivity contribution in [3.05, 3.63) is 65.0 Å². The van der Waals surface area contributed by atoms with Crippen LogP contribution in [0, 0.1) is 17.7 Å². The van der Waals surface area contributed by atoms with E-state index in [0.717, 1.165) is 36.8 Å². The molecule has 1 amide bonds.